The summed E-state index contributed by atoms with van der Waals surface area (Å²) in [6, 6.07) is 3.58. The lowest BCUT2D eigenvalue weighted by Crippen LogP contribution is -2.22. The summed E-state index contributed by atoms with van der Waals surface area (Å²) in [7, 11) is 0. The van der Waals surface area contributed by atoms with E-state index in [0.717, 1.165) is 36.8 Å². The van der Waals surface area contributed by atoms with Crippen LogP contribution in [0.2, 0.25) is 0 Å². The van der Waals surface area contributed by atoms with Crippen molar-refractivity contribution in [3.8, 4) is 11.5 Å². The van der Waals surface area contributed by atoms with Crippen LogP contribution < -0.4 is 0 Å². The van der Waals surface area contributed by atoms with Gasteiger partial charge in [-0.2, -0.15) is 0 Å². The topological polar surface area (TPSA) is 40.5 Å². The van der Waals surface area contributed by atoms with Gasteiger partial charge in [0, 0.05) is 5.56 Å². The summed E-state index contributed by atoms with van der Waals surface area (Å²) in [5.41, 5.74) is 2.00. The molecule has 0 spiro atoms. The van der Waals surface area contributed by atoms with E-state index >= 15 is 0 Å². The van der Waals surface area contributed by atoms with Crippen LogP contribution in [0.1, 0.15) is 96.6 Å². The van der Waals surface area contributed by atoms with Crippen LogP contribution in [-0.4, -0.2) is 10.2 Å². The largest absolute Gasteiger partial charge is 0.508 e. The molecule has 1 aliphatic carbocycles. The van der Waals surface area contributed by atoms with Gasteiger partial charge in [-0.25, -0.2) is 0 Å². The smallest absolute Gasteiger partial charge is 0.122 e. The van der Waals surface area contributed by atoms with Crippen molar-refractivity contribution < 1.29 is 10.2 Å². The molecule has 1 aliphatic rings. The maximum atomic E-state index is 11.0. The van der Waals surface area contributed by atoms with E-state index in [1.807, 2.05) is 0 Å². The lowest BCUT2D eigenvalue weighted by molar-refractivity contribution is 0.266. The molecule has 0 fully saturated rings. The van der Waals surface area contributed by atoms with Crippen LogP contribution in [0.4, 0.5) is 0 Å². The normalized spacial score (nSPS) is 29.3. The summed E-state index contributed by atoms with van der Waals surface area (Å²) in [5, 5.41) is 21.3. The highest BCUT2D eigenvalue weighted by Gasteiger charge is 2.31. The predicted molar refractivity (Wildman–Crippen MR) is 102 cm³/mol. The first-order valence-corrected chi connectivity index (χ1v) is 9.89. The Morgan fingerprint density at radius 2 is 1.50 bits per heavy atom. The summed E-state index contributed by atoms with van der Waals surface area (Å²) in [6.45, 7) is 9.01. The molecule has 1 aromatic carbocycles. The highest BCUT2D eigenvalue weighted by atomic mass is 16.3. The first kappa shape index (κ1) is 19.1. The van der Waals surface area contributed by atoms with Crippen molar-refractivity contribution in [2.45, 2.75) is 97.3 Å². The molecule has 2 heteroatoms. The Labute approximate surface area is 148 Å². The SMILES string of the molecule is CCC1(C)CCCCCCCC(C)(CC)c2cc(O)cc(c2O)C1. The van der Waals surface area contributed by atoms with Crippen LogP contribution in [0.5, 0.6) is 11.5 Å². The van der Waals surface area contributed by atoms with E-state index in [2.05, 4.69) is 27.7 Å². The van der Waals surface area contributed by atoms with Gasteiger partial charge in [-0.15, -0.1) is 0 Å². The van der Waals surface area contributed by atoms with Crippen LogP contribution >= 0.6 is 0 Å². The molecule has 2 unspecified atom stereocenters. The highest BCUT2D eigenvalue weighted by molar-refractivity contribution is 5.49. The fourth-order valence-electron chi connectivity index (χ4n) is 4.22. The molecule has 0 aromatic heterocycles. The van der Waals surface area contributed by atoms with Gasteiger partial charge in [-0.3, -0.25) is 0 Å². The number of aromatic hydroxyl groups is 2. The second kappa shape index (κ2) is 7.80. The van der Waals surface area contributed by atoms with Crippen molar-refractivity contribution in [3.63, 3.8) is 0 Å². The van der Waals surface area contributed by atoms with Crippen LogP contribution in [0, 0.1) is 5.41 Å². The molecule has 2 N–H and O–H groups in total. The van der Waals surface area contributed by atoms with E-state index in [1.54, 1.807) is 12.1 Å². The van der Waals surface area contributed by atoms with Gasteiger partial charge in [-0.05, 0) is 54.2 Å². The minimum atomic E-state index is -0.0613. The average Bonchev–Trinajstić information content (AvgIpc) is 2.56. The first-order valence-electron chi connectivity index (χ1n) is 9.89. The van der Waals surface area contributed by atoms with Gasteiger partial charge in [0.1, 0.15) is 11.5 Å². The van der Waals surface area contributed by atoms with Crippen molar-refractivity contribution in [1.82, 2.24) is 0 Å². The summed E-state index contributed by atoms with van der Waals surface area (Å²) >= 11 is 0. The minimum absolute atomic E-state index is 0.0613. The van der Waals surface area contributed by atoms with E-state index in [1.165, 1.54) is 38.5 Å². The summed E-state index contributed by atoms with van der Waals surface area (Å²) in [4.78, 5) is 0. The highest BCUT2D eigenvalue weighted by Crippen LogP contribution is 2.44. The Hall–Kier alpha value is -1.18. The second-order valence-corrected chi connectivity index (χ2v) is 8.52. The molecule has 2 bridgehead atoms. The van der Waals surface area contributed by atoms with Crippen molar-refractivity contribution in [1.29, 1.82) is 0 Å². The van der Waals surface area contributed by atoms with E-state index in [4.69, 9.17) is 0 Å². The lowest BCUT2D eigenvalue weighted by Gasteiger charge is -2.32. The van der Waals surface area contributed by atoms with Crippen LogP contribution in [-0.2, 0) is 11.8 Å². The second-order valence-electron chi connectivity index (χ2n) is 8.52. The number of fused-ring (bicyclic) bond motifs is 2. The van der Waals surface area contributed by atoms with Crippen LogP contribution in [0.25, 0.3) is 0 Å². The van der Waals surface area contributed by atoms with Crippen molar-refractivity contribution in [2.75, 3.05) is 0 Å². The number of phenolic OH excluding ortho intramolecular Hbond substituents is 2. The van der Waals surface area contributed by atoms with Gasteiger partial charge < -0.3 is 10.2 Å². The molecule has 1 aromatic rings. The molecule has 2 nitrogen and oxygen atoms in total. The Bertz CT molecular complexity index is 551. The van der Waals surface area contributed by atoms with Gasteiger partial charge in [0.25, 0.3) is 0 Å². The van der Waals surface area contributed by atoms with Crippen LogP contribution in [0.15, 0.2) is 12.1 Å². The van der Waals surface area contributed by atoms with Gasteiger partial charge >= 0.3 is 0 Å². The molecule has 24 heavy (non-hydrogen) atoms. The van der Waals surface area contributed by atoms with Gasteiger partial charge in [0.05, 0.1) is 0 Å². The molecule has 0 saturated heterocycles. The lowest BCUT2D eigenvalue weighted by atomic mass is 9.73. The molecular formula is C22H36O2. The number of benzene rings is 1. The molecule has 0 heterocycles. The zero-order valence-electron chi connectivity index (χ0n) is 16.1. The maximum absolute atomic E-state index is 11.0. The summed E-state index contributed by atoms with van der Waals surface area (Å²) in [5.74, 6) is 0.724. The number of hydrogen-bond donors (Lipinski definition) is 2. The molecule has 136 valence electrons. The molecule has 0 saturated carbocycles. The Kier molecular flexibility index (Phi) is 6.22. The third kappa shape index (κ3) is 4.26. The van der Waals surface area contributed by atoms with Gasteiger partial charge in [0.15, 0.2) is 0 Å². The monoisotopic (exact) mass is 332 g/mol. The van der Waals surface area contributed by atoms with Crippen LogP contribution in [0.3, 0.4) is 0 Å². The maximum Gasteiger partial charge on any atom is 0.122 e. The molecule has 2 rings (SSSR count). The van der Waals surface area contributed by atoms with E-state index in [0.29, 0.717) is 11.5 Å². The third-order valence-corrected chi connectivity index (χ3v) is 6.58. The number of phenols is 2. The quantitative estimate of drug-likeness (QED) is 0.609. The standard InChI is InChI=1S/C22H36O2/c1-5-21(3)12-10-8-7-9-11-13-22(4,6-2)19-15-18(23)14-17(16-21)20(19)24/h14-15,23-24H,5-13,16H2,1-4H3. The molecule has 0 amide bonds. The van der Waals surface area contributed by atoms with E-state index in [9.17, 15) is 10.2 Å². The van der Waals surface area contributed by atoms with Crippen molar-refractivity contribution in [2.24, 2.45) is 5.41 Å². The van der Waals surface area contributed by atoms with Crippen molar-refractivity contribution in [3.05, 3.63) is 23.3 Å². The average molecular weight is 333 g/mol. The predicted octanol–water partition coefficient (Wildman–Crippen LogP) is 6.47. The molecule has 2 atom stereocenters. The van der Waals surface area contributed by atoms with Crippen molar-refractivity contribution >= 4 is 0 Å². The van der Waals surface area contributed by atoms with Gasteiger partial charge in [-0.1, -0.05) is 66.2 Å². The third-order valence-electron chi connectivity index (χ3n) is 6.58. The Morgan fingerprint density at radius 3 is 2.12 bits per heavy atom. The molecular weight excluding hydrogens is 296 g/mol. The summed E-state index contributed by atoms with van der Waals surface area (Å²) < 4.78 is 0. The zero-order valence-corrected chi connectivity index (χ0v) is 16.1. The fraction of sp³-hybridized carbons (Fsp3) is 0.727. The zero-order chi connectivity index (χ0) is 17.8. The number of rotatable bonds is 2. The number of hydrogen-bond acceptors (Lipinski definition) is 2. The fourth-order valence-corrected chi connectivity index (χ4v) is 4.22. The van der Waals surface area contributed by atoms with E-state index in [-0.39, 0.29) is 10.8 Å². The molecule has 0 aliphatic heterocycles. The minimum Gasteiger partial charge on any atom is -0.508 e. The molecule has 0 radical (unpaired) electrons. The van der Waals surface area contributed by atoms with Gasteiger partial charge in [0.2, 0.25) is 0 Å². The summed E-state index contributed by atoms with van der Waals surface area (Å²) in [6.07, 6.45) is 11.5. The Balaban J connectivity index is 2.49. The Morgan fingerprint density at radius 1 is 0.875 bits per heavy atom. The first-order chi connectivity index (χ1) is 11.3. The van der Waals surface area contributed by atoms with E-state index < -0.39 is 0 Å².